The van der Waals surface area contributed by atoms with Gasteiger partial charge in [-0.3, -0.25) is 0 Å². The highest BCUT2D eigenvalue weighted by molar-refractivity contribution is 5.10. The van der Waals surface area contributed by atoms with Crippen molar-refractivity contribution in [3.05, 3.63) is 17.8 Å². The van der Waals surface area contributed by atoms with Crippen molar-refractivity contribution in [1.29, 1.82) is 0 Å². The van der Waals surface area contributed by atoms with E-state index in [1.165, 1.54) is 0 Å². The Morgan fingerprint density at radius 2 is 2.23 bits per heavy atom. The highest BCUT2D eigenvalue weighted by Crippen LogP contribution is 2.08. The van der Waals surface area contributed by atoms with Gasteiger partial charge in [0.05, 0.1) is 18.4 Å². The Kier molecular flexibility index (Phi) is 3.64. The van der Waals surface area contributed by atoms with E-state index in [9.17, 15) is 0 Å². The van der Waals surface area contributed by atoms with Crippen molar-refractivity contribution < 1.29 is 9.84 Å². The second kappa shape index (κ2) is 4.77. The normalized spacial score (nSPS) is 12.5. The van der Waals surface area contributed by atoms with Crippen molar-refractivity contribution in [2.75, 3.05) is 0 Å². The van der Waals surface area contributed by atoms with Crippen LogP contribution in [0.5, 0.6) is 5.88 Å². The van der Waals surface area contributed by atoms with Crippen LogP contribution in [-0.4, -0.2) is 21.4 Å². The minimum Gasteiger partial charge on any atom is -0.474 e. The molecule has 1 aromatic rings. The maximum absolute atomic E-state index is 8.71. The van der Waals surface area contributed by atoms with Gasteiger partial charge in [-0.1, -0.05) is 6.92 Å². The van der Waals surface area contributed by atoms with Crippen LogP contribution in [0.3, 0.4) is 0 Å². The molecule has 1 N–H and O–H groups in total. The second-order valence-corrected chi connectivity index (χ2v) is 2.86. The van der Waals surface area contributed by atoms with Crippen LogP contribution in [-0.2, 0) is 6.61 Å². The summed E-state index contributed by atoms with van der Waals surface area (Å²) in [5, 5.41) is 16.3. The quantitative estimate of drug-likeness (QED) is 0.758. The van der Waals surface area contributed by atoms with Crippen LogP contribution < -0.4 is 4.74 Å². The first-order chi connectivity index (χ1) is 6.26. The molecule has 0 radical (unpaired) electrons. The molecule has 1 heterocycles. The molecule has 0 aliphatic rings. The minimum absolute atomic E-state index is 0.0867. The van der Waals surface area contributed by atoms with Crippen molar-refractivity contribution in [3.8, 4) is 5.88 Å². The van der Waals surface area contributed by atoms with Crippen molar-refractivity contribution in [2.45, 2.75) is 33.0 Å². The van der Waals surface area contributed by atoms with E-state index in [1.807, 2.05) is 13.8 Å². The molecule has 0 saturated carbocycles. The smallest absolute Gasteiger partial charge is 0.233 e. The molecule has 0 fully saturated rings. The lowest BCUT2D eigenvalue weighted by molar-refractivity contribution is 0.205. The van der Waals surface area contributed by atoms with E-state index in [2.05, 4.69) is 10.2 Å². The zero-order valence-corrected chi connectivity index (χ0v) is 7.90. The van der Waals surface area contributed by atoms with Crippen LogP contribution in [0, 0.1) is 0 Å². The summed E-state index contributed by atoms with van der Waals surface area (Å²) in [5.41, 5.74) is 0.552. The van der Waals surface area contributed by atoms with E-state index < -0.39 is 0 Å². The molecule has 1 unspecified atom stereocenters. The van der Waals surface area contributed by atoms with Gasteiger partial charge >= 0.3 is 0 Å². The Morgan fingerprint density at radius 1 is 1.46 bits per heavy atom. The van der Waals surface area contributed by atoms with Crippen LogP contribution >= 0.6 is 0 Å². The summed E-state index contributed by atoms with van der Waals surface area (Å²) >= 11 is 0. The molecule has 1 rings (SSSR count). The van der Waals surface area contributed by atoms with Gasteiger partial charge in [-0.25, -0.2) is 0 Å². The molecule has 1 aromatic heterocycles. The molecular formula is C9H14N2O2. The fourth-order valence-corrected chi connectivity index (χ4v) is 0.784. The van der Waals surface area contributed by atoms with Crippen LogP contribution in [0.15, 0.2) is 12.1 Å². The van der Waals surface area contributed by atoms with E-state index in [1.54, 1.807) is 12.1 Å². The Morgan fingerprint density at radius 3 is 2.69 bits per heavy atom. The van der Waals surface area contributed by atoms with Crippen LogP contribution in [0.1, 0.15) is 26.0 Å². The number of ether oxygens (including phenoxy) is 1. The molecular weight excluding hydrogens is 168 g/mol. The fourth-order valence-electron chi connectivity index (χ4n) is 0.784. The summed E-state index contributed by atoms with van der Waals surface area (Å²) in [6.07, 6.45) is 1.08. The van der Waals surface area contributed by atoms with Gasteiger partial charge in [0.15, 0.2) is 0 Å². The number of hydrogen-bond acceptors (Lipinski definition) is 4. The fraction of sp³-hybridized carbons (Fsp3) is 0.556. The van der Waals surface area contributed by atoms with E-state index >= 15 is 0 Å². The first kappa shape index (κ1) is 9.92. The van der Waals surface area contributed by atoms with Gasteiger partial charge in [0, 0.05) is 6.07 Å². The van der Waals surface area contributed by atoms with Gasteiger partial charge in [-0.2, -0.15) is 0 Å². The highest BCUT2D eigenvalue weighted by Gasteiger charge is 2.02. The molecule has 13 heavy (non-hydrogen) atoms. The standard InChI is InChI=1S/C9H14N2O2/c1-3-7(2)13-9-5-4-8(6-12)10-11-9/h4-5,7,12H,3,6H2,1-2H3. The molecule has 0 aliphatic carbocycles. The van der Waals surface area contributed by atoms with Gasteiger partial charge < -0.3 is 9.84 Å². The molecule has 0 saturated heterocycles. The van der Waals surface area contributed by atoms with Gasteiger partial charge in [0.25, 0.3) is 0 Å². The number of aromatic nitrogens is 2. The van der Waals surface area contributed by atoms with E-state index in [0.29, 0.717) is 11.6 Å². The van der Waals surface area contributed by atoms with Crippen LogP contribution in [0.25, 0.3) is 0 Å². The average Bonchev–Trinajstić information content (AvgIpc) is 2.19. The lowest BCUT2D eigenvalue weighted by Gasteiger charge is -2.10. The third-order valence-electron chi connectivity index (χ3n) is 1.75. The molecule has 72 valence electrons. The maximum atomic E-state index is 8.71. The van der Waals surface area contributed by atoms with Crippen LogP contribution in [0.2, 0.25) is 0 Å². The third-order valence-corrected chi connectivity index (χ3v) is 1.75. The highest BCUT2D eigenvalue weighted by atomic mass is 16.5. The van der Waals surface area contributed by atoms with Gasteiger partial charge in [0.2, 0.25) is 5.88 Å². The van der Waals surface area contributed by atoms with Gasteiger partial charge in [0.1, 0.15) is 0 Å². The first-order valence-electron chi connectivity index (χ1n) is 4.36. The maximum Gasteiger partial charge on any atom is 0.233 e. The molecule has 0 aliphatic heterocycles. The number of nitrogens with zero attached hydrogens (tertiary/aromatic N) is 2. The second-order valence-electron chi connectivity index (χ2n) is 2.86. The summed E-state index contributed by atoms with van der Waals surface area (Å²) in [6.45, 7) is 3.93. The topological polar surface area (TPSA) is 55.2 Å². The Balaban J connectivity index is 2.58. The zero-order chi connectivity index (χ0) is 9.68. The van der Waals surface area contributed by atoms with Crippen molar-refractivity contribution >= 4 is 0 Å². The monoisotopic (exact) mass is 182 g/mol. The molecule has 0 spiro atoms. The van der Waals surface area contributed by atoms with Crippen molar-refractivity contribution in [2.24, 2.45) is 0 Å². The SMILES string of the molecule is CCC(C)Oc1ccc(CO)nn1. The average molecular weight is 182 g/mol. The summed E-state index contributed by atoms with van der Waals surface area (Å²) < 4.78 is 5.41. The summed E-state index contributed by atoms with van der Waals surface area (Å²) in [5.74, 6) is 0.506. The Labute approximate surface area is 77.6 Å². The van der Waals surface area contributed by atoms with E-state index in [0.717, 1.165) is 6.42 Å². The van der Waals surface area contributed by atoms with Gasteiger partial charge in [-0.05, 0) is 19.4 Å². The van der Waals surface area contributed by atoms with E-state index in [-0.39, 0.29) is 12.7 Å². The number of hydrogen-bond donors (Lipinski definition) is 1. The first-order valence-corrected chi connectivity index (χ1v) is 4.36. The molecule has 4 nitrogen and oxygen atoms in total. The molecule has 4 heteroatoms. The predicted octanol–water partition coefficient (Wildman–Crippen LogP) is 1.15. The summed E-state index contributed by atoms with van der Waals surface area (Å²) in [4.78, 5) is 0. The largest absolute Gasteiger partial charge is 0.474 e. The Bertz CT molecular complexity index is 248. The lowest BCUT2D eigenvalue weighted by atomic mass is 10.3. The molecule has 0 amide bonds. The van der Waals surface area contributed by atoms with E-state index in [4.69, 9.17) is 9.84 Å². The molecule has 0 aromatic carbocycles. The predicted molar refractivity (Wildman–Crippen MR) is 48.3 cm³/mol. The Hall–Kier alpha value is -1.16. The molecule has 1 atom stereocenters. The summed E-state index contributed by atoms with van der Waals surface area (Å²) in [6, 6.07) is 3.41. The number of aliphatic hydroxyl groups excluding tert-OH is 1. The third kappa shape index (κ3) is 2.99. The lowest BCUT2D eigenvalue weighted by Crippen LogP contribution is -2.11. The number of aliphatic hydroxyl groups is 1. The van der Waals surface area contributed by atoms with Gasteiger partial charge in [-0.15, -0.1) is 10.2 Å². The number of rotatable bonds is 4. The summed E-state index contributed by atoms with van der Waals surface area (Å²) in [7, 11) is 0. The molecule has 0 bridgehead atoms. The van der Waals surface area contributed by atoms with Crippen molar-refractivity contribution in [1.82, 2.24) is 10.2 Å². The van der Waals surface area contributed by atoms with Crippen molar-refractivity contribution in [3.63, 3.8) is 0 Å². The van der Waals surface area contributed by atoms with Crippen LogP contribution in [0.4, 0.5) is 0 Å². The zero-order valence-electron chi connectivity index (χ0n) is 7.90. The minimum atomic E-state index is -0.0867.